The van der Waals surface area contributed by atoms with Crippen molar-refractivity contribution in [3.63, 3.8) is 0 Å². The minimum atomic E-state index is -3.72. The van der Waals surface area contributed by atoms with Crippen molar-refractivity contribution in [1.29, 1.82) is 0 Å². The van der Waals surface area contributed by atoms with Gasteiger partial charge in [-0.25, -0.2) is 8.42 Å². The Morgan fingerprint density at radius 1 is 1.03 bits per heavy atom. The number of nitrogens with zero attached hydrogens (tertiary/aromatic N) is 1. The van der Waals surface area contributed by atoms with E-state index in [4.69, 9.17) is 11.6 Å². The molecule has 29 heavy (non-hydrogen) atoms. The lowest BCUT2D eigenvalue weighted by Gasteiger charge is -2.17. The summed E-state index contributed by atoms with van der Waals surface area (Å²) in [5, 5.41) is 0.247. The number of halogens is 1. The second-order valence-electron chi connectivity index (χ2n) is 6.69. The summed E-state index contributed by atoms with van der Waals surface area (Å²) in [6.07, 6.45) is 0. The fraction of sp³-hybridized carbons (Fsp3) is 0.211. The molecule has 0 spiro atoms. The molecule has 0 aromatic heterocycles. The van der Waals surface area contributed by atoms with Gasteiger partial charge in [-0.05, 0) is 30.2 Å². The highest BCUT2D eigenvalue weighted by Crippen LogP contribution is 2.23. The first-order valence-corrected chi connectivity index (χ1v) is 10.6. The number of sulfonamides is 1. The van der Waals surface area contributed by atoms with Crippen molar-refractivity contribution in [1.82, 2.24) is 15.6 Å². The number of carbonyl (C=O) groups is 2. The highest BCUT2D eigenvalue weighted by atomic mass is 35.5. The van der Waals surface area contributed by atoms with E-state index in [1.54, 1.807) is 50.2 Å². The van der Waals surface area contributed by atoms with E-state index >= 15 is 0 Å². The molecule has 0 radical (unpaired) electrons. The molecule has 152 valence electrons. The number of benzene rings is 2. The maximum atomic E-state index is 12.6. The predicted octanol–water partition coefficient (Wildman–Crippen LogP) is 1.86. The highest BCUT2D eigenvalue weighted by molar-refractivity contribution is 7.90. The molecule has 2 aromatic carbocycles. The Morgan fingerprint density at radius 2 is 1.69 bits per heavy atom. The topological polar surface area (TPSA) is 117 Å². The first kappa shape index (κ1) is 20.8. The van der Waals surface area contributed by atoms with Crippen LogP contribution in [0.2, 0.25) is 5.02 Å². The maximum Gasteiger partial charge on any atom is 0.271 e. The average molecular weight is 435 g/mol. The van der Waals surface area contributed by atoms with Crippen LogP contribution < -0.4 is 15.6 Å². The Bertz CT molecular complexity index is 1100. The van der Waals surface area contributed by atoms with Crippen LogP contribution in [0, 0.1) is 5.92 Å². The van der Waals surface area contributed by atoms with Crippen molar-refractivity contribution in [3.8, 4) is 0 Å². The van der Waals surface area contributed by atoms with Gasteiger partial charge in [0.15, 0.2) is 0 Å². The van der Waals surface area contributed by atoms with Gasteiger partial charge in [0.2, 0.25) is 0 Å². The van der Waals surface area contributed by atoms with Crippen molar-refractivity contribution in [3.05, 3.63) is 64.7 Å². The molecule has 2 amide bonds. The molecule has 0 saturated heterocycles. The van der Waals surface area contributed by atoms with Crippen LogP contribution in [0.3, 0.4) is 0 Å². The second kappa shape index (κ2) is 8.22. The minimum Gasteiger partial charge on any atom is -0.271 e. The normalized spacial score (nSPS) is 16.8. The molecular formula is C19H19ClN4O4S. The fourth-order valence-electron chi connectivity index (χ4n) is 2.78. The van der Waals surface area contributed by atoms with Crippen LogP contribution in [-0.2, 0) is 14.8 Å². The van der Waals surface area contributed by atoms with Gasteiger partial charge in [0.1, 0.15) is 11.9 Å². The molecule has 8 nitrogen and oxygen atoms in total. The van der Waals surface area contributed by atoms with E-state index in [1.165, 1.54) is 12.1 Å². The van der Waals surface area contributed by atoms with Crippen LogP contribution in [0.15, 0.2) is 58.4 Å². The van der Waals surface area contributed by atoms with Crippen LogP contribution >= 0.6 is 11.6 Å². The van der Waals surface area contributed by atoms with E-state index in [1.807, 2.05) is 0 Å². The summed E-state index contributed by atoms with van der Waals surface area (Å²) in [6, 6.07) is 11.8. The molecule has 0 bridgehead atoms. The van der Waals surface area contributed by atoms with Gasteiger partial charge >= 0.3 is 0 Å². The van der Waals surface area contributed by atoms with Crippen molar-refractivity contribution in [2.24, 2.45) is 10.9 Å². The summed E-state index contributed by atoms with van der Waals surface area (Å²) in [5.41, 5.74) is 5.23. The minimum absolute atomic E-state index is 0.0897. The summed E-state index contributed by atoms with van der Waals surface area (Å²) < 4.78 is 26.8. The summed E-state index contributed by atoms with van der Waals surface area (Å²) >= 11 is 5.97. The lowest BCUT2D eigenvalue weighted by atomic mass is 10.0. The van der Waals surface area contributed by atoms with E-state index < -0.39 is 27.9 Å². The molecule has 3 rings (SSSR count). The summed E-state index contributed by atoms with van der Waals surface area (Å²) in [6.45, 7) is 3.53. The van der Waals surface area contributed by atoms with Crippen LogP contribution in [0.4, 0.5) is 0 Å². The van der Waals surface area contributed by atoms with E-state index in [9.17, 15) is 18.0 Å². The zero-order chi connectivity index (χ0) is 21.2. The average Bonchev–Trinajstić information content (AvgIpc) is 2.94. The van der Waals surface area contributed by atoms with Crippen molar-refractivity contribution in [2.75, 3.05) is 0 Å². The van der Waals surface area contributed by atoms with E-state index in [2.05, 4.69) is 20.6 Å². The highest BCUT2D eigenvalue weighted by Gasteiger charge is 2.32. The summed E-state index contributed by atoms with van der Waals surface area (Å²) in [7, 11) is -3.72. The van der Waals surface area contributed by atoms with Crippen LogP contribution in [0.5, 0.6) is 0 Å². The molecule has 1 aliphatic heterocycles. The SMILES string of the molecule is CC(C)[C@H](N=C1NS(=O)(=O)c2ccccc21)C(=O)NNC(=O)c1ccccc1Cl. The molecule has 0 saturated carbocycles. The molecule has 1 aliphatic rings. The zero-order valence-corrected chi connectivity index (χ0v) is 17.2. The number of amidine groups is 1. The summed E-state index contributed by atoms with van der Waals surface area (Å²) in [5.74, 6) is -1.34. The number of hydrogen-bond donors (Lipinski definition) is 3. The maximum absolute atomic E-state index is 12.6. The van der Waals surface area contributed by atoms with E-state index in [0.29, 0.717) is 5.56 Å². The third kappa shape index (κ3) is 4.41. The Hall–Kier alpha value is -2.91. The predicted molar refractivity (Wildman–Crippen MR) is 109 cm³/mol. The zero-order valence-electron chi connectivity index (χ0n) is 15.6. The smallest absolute Gasteiger partial charge is 0.271 e. The molecule has 10 heteroatoms. The van der Waals surface area contributed by atoms with Gasteiger partial charge in [-0.3, -0.25) is 30.2 Å². The Balaban J connectivity index is 1.79. The molecule has 0 aliphatic carbocycles. The molecule has 1 heterocycles. The van der Waals surface area contributed by atoms with Gasteiger partial charge in [-0.1, -0.05) is 49.7 Å². The third-order valence-electron chi connectivity index (χ3n) is 4.25. The monoisotopic (exact) mass is 434 g/mol. The second-order valence-corrected chi connectivity index (χ2v) is 8.75. The Labute approximate surface area is 173 Å². The van der Waals surface area contributed by atoms with Crippen LogP contribution in [0.25, 0.3) is 0 Å². The standard InChI is InChI=1S/C19H19ClN4O4S/c1-11(2)16(19(26)23-22-18(25)12-7-3-5-9-14(12)20)21-17-13-8-4-6-10-15(13)29(27,28)24-17/h3-11,16H,1-2H3,(H,21,24)(H,22,25)(H,23,26)/t16-/m0/s1. The molecule has 3 N–H and O–H groups in total. The number of amides is 2. The number of fused-ring (bicyclic) bond motifs is 1. The Kier molecular flexibility index (Phi) is 5.90. The van der Waals surface area contributed by atoms with Crippen molar-refractivity contribution < 1.29 is 18.0 Å². The molecule has 1 atom stereocenters. The fourth-order valence-corrected chi connectivity index (χ4v) is 4.24. The van der Waals surface area contributed by atoms with Crippen molar-refractivity contribution in [2.45, 2.75) is 24.8 Å². The van der Waals surface area contributed by atoms with Crippen LogP contribution in [0.1, 0.15) is 29.8 Å². The number of nitrogens with one attached hydrogen (secondary N) is 3. The number of rotatable bonds is 4. The van der Waals surface area contributed by atoms with E-state index in [-0.39, 0.29) is 27.2 Å². The van der Waals surface area contributed by atoms with Gasteiger partial charge in [0.05, 0.1) is 15.5 Å². The van der Waals surface area contributed by atoms with Gasteiger partial charge in [0.25, 0.3) is 21.8 Å². The van der Waals surface area contributed by atoms with Crippen LogP contribution in [-0.4, -0.2) is 32.1 Å². The molecular weight excluding hydrogens is 416 g/mol. The first-order chi connectivity index (χ1) is 13.7. The third-order valence-corrected chi connectivity index (χ3v) is 5.98. The van der Waals surface area contributed by atoms with Gasteiger partial charge < -0.3 is 0 Å². The van der Waals surface area contributed by atoms with Gasteiger partial charge in [-0.15, -0.1) is 0 Å². The lowest BCUT2D eigenvalue weighted by molar-refractivity contribution is -0.123. The molecule has 0 fully saturated rings. The van der Waals surface area contributed by atoms with E-state index in [0.717, 1.165) is 0 Å². The number of hydrazine groups is 1. The van der Waals surface area contributed by atoms with Crippen molar-refractivity contribution >= 4 is 39.3 Å². The Morgan fingerprint density at radius 3 is 2.38 bits per heavy atom. The lowest BCUT2D eigenvalue weighted by Crippen LogP contribution is -2.47. The first-order valence-electron chi connectivity index (χ1n) is 8.75. The van der Waals surface area contributed by atoms with Gasteiger partial charge in [-0.2, -0.15) is 0 Å². The number of carbonyl (C=O) groups excluding carboxylic acids is 2. The molecule has 0 unspecified atom stereocenters. The summed E-state index contributed by atoms with van der Waals surface area (Å²) in [4.78, 5) is 29.3. The number of aliphatic imine (C=N–C) groups is 1. The molecule has 2 aromatic rings. The largest absolute Gasteiger partial charge is 0.271 e. The number of hydrogen-bond acceptors (Lipinski definition) is 5. The van der Waals surface area contributed by atoms with Gasteiger partial charge in [0, 0.05) is 5.56 Å². The quantitative estimate of drug-likeness (QED) is 0.636.